The zero-order chi connectivity index (χ0) is 39.3. The molecule has 0 bridgehead atoms. The number of nitrogens with one attached hydrogen (secondary N) is 2. The third-order valence-corrected chi connectivity index (χ3v) is 12.0. The summed E-state index contributed by atoms with van der Waals surface area (Å²) in [5, 5.41) is 9.98. The highest BCUT2D eigenvalue weighted by atomic mass is 35.5. The van der Waals surface area contributed by atoms with Crippen LogP contribution in [-0.4, -0.2) is 98.3 Å². The van der Waals surface area contributed by atoms with E-state index in [4.69, 9.17) is 42.1 Å². The monoisotopic (exact) mass is 834 g/mol. The van der Waals surface area contributed by atoms with Crippen LogP contribution in [0, 0.1) is 0 Å². The van der Waals surface area contributed by atoms with Gasteiger partial charge < -0.3 is 39.4 Å². The minimum absolute atomic E-state index is 0.0883. The summed E-state index contributed by atoms with van der Waals surface area (Å²) in [6.07, 6.45) is 1.69. The number of anilines is 2. The van der Waals surface area contributed by atoms with Crippen molar-refractivity contribution in [1.29, 1.82) is 0 Å². The molecule has 2 saturated heterocycles. The maximum atomic E-state index is 13.1. The molecule has 0 radical (unpaired) electrons. The van der Waals surface area contributed by atoms with Crippen molar-refractivity contribution < 1.29 is 28.5 Å². The standard InChI is InChI=1S/2C20H20ClN3O3S/c2*1-26-15-4-3-5-16(27-2)18(15)19(25)24-9-8-13(11-24)22-20-23-14-7-6-12(21)10-17(14)28-20/h2*3-7,10,13H,8-9,11H2,1-2H3,(H,22,23)/t13-;/m1./s1. The molecule has 4 heterocycles. The number of likely N-dealkylation sites (tertiary alicyclic amines) is 2. The lowest BCUT2D eigenvalue weighted by Crippen LogP contribution is -2.32. The highest BCUT2D eigenvalue weighted by Crippen LogP contribution is 2.34. The number of carbonyl (C=O) groups excluding carboxylic acids is 2. The number of nitrogens with zero attached hydrogens (tertiary/aromatic N) is 4. The van der Waals surface area contributed by atoms with E-state index in [2.05, 4.69) is 20.6 Å². The second-order valence-corrected chi connectivity index (χ2v) is 16.0. The van der Waals surface area contributed by atoms with Gasteiger partial charge in [-0.3, -0.25) is 9.59 Å². The number of benzene rings is 4. The van der Waals surface area contributed by atoms with Crippen LogP contribution < -0.4 is 29.6 Å². The smallest absolute Gasteiger partial charge is 0.261 e. The van der Waals surface area contributed by atoms with Crippen LogP contribution in [-0.2, 0) is 0 Å². The average molecular weight is 836 g/mol. The number of ether oxygens (including phenoxy) is 4. The summed E-state index contributed by atoms with van der Waals surface area (Å²) in [4.78, 5) is 39.0. The van der Waals surface area contributed by atoms with E-state index in [9.17, 15) is 9.59 Å². The molecule has 0 saturated carbocycles. The van der Waals surface area contributed by atoms with Gasteiger partial charge in [0.2, 0.25) is 0 Å². The van der Waals surface area contributed by atoms with E-state index in [-0.39, 0.29) is 23.9 Å². The van der Waals surface area contributed by atoms with Crippen LogP contribution in [0.25, 0.3) is 20.4 Å². The molecule has 8 rings (SSSR count). The van der Waals surface area contributed by atoms with Gasteiger partial charge in [-0.2, -0.15) is 0 Å². The van der Waals surface area contributed by atoms with Gasteiger partial charge in [0.05, 0.1) is 48.9 Å². The molecule has 6 aromatic rings. The van der Waals surface area contributed by atoms with Gasteiger partial charge in [-0.05, 0) is 73.5 Å². The van der Waals surface area contributed by atoms with E-state index < -0.39 is 0 Å². The fraction of sp³-hybridized carbons (Fsp3) is 0.300. The molecule has 16 heteroatoms. The Kier molecular flexibility index (Phi) is 12.2. The van der Waals surface area contributed by atoms with Crippen molar-refractivity contribution in [2.45, 2.75) is 24.9 Å². The molecule has 0 spiro atoms. The predicted octanol–water partition coefficient (Wildman–Crippen LogP) is 8.59. The van der Waals surface area contributed by atoms with Gasteiger partial charge in [0, 0.05) is 48.3 Å². The largest absolute Gasteiger partial charge is 0.496 e. The molecule has 2 aliphatic rings. The van der Waals surface area contributed by atoms with Gasteiger partial charge in [0.25, 0.3) is 11.8 Å². The molecule has 2 aromatic heterocycles. The van der Waals surface area contributed by atoms with Crippen LogP contribution in [0.2, 0.25) is 10.0 Å². The van der Waals surface area contributed by atoms with Gasteiger partial charge in [-0.25, -0.2) is 9.97 Å². The maximum absolute atomic E-state index is 13.1. The van der Waals surface area contributed by atoms with Crippen molar-refractivity contribution in [3.8, 4) is 23.0 Å². The number of methoxy groups -OCH3 is 4. The Hall–Kier alpha value is -5.02. The molecular weight excluding hydrogens is 796 g/mol. The SMILES string of the molecule is COc1cccc(OC)c1C(=O)N1CCC(Nc2nc3ccc(Cl)cc3s2)C1.COc1cccc(OC)c1C(=O)N1CC[C@@H](Nc2nc3ccc(Cl)cc3s2)C1. The number of hydrogen-bond donors (Lipinski definition) is 2. The Morgan fingerprint density at radius 2 is 1.00 bits per heavy atom. The van der Waals surface area contributed by atoms with Crippen molar-refractivity contribution in [3.63, 3.8) is 0 Å². The second-order valence-electron chi connectivity index (χ2n) is 13.1. The van der Waals surface area contributed by atoms with Crippen molar-refractivity contribution in [3.05, 3.63) is 94.0 Å². The fourth-order valence-electron chi connectivity index (χ4n) is 6.83. The van der Waals surface area contributed by atoms with Crippen LogP contribution in [0.15, 0.2) is 72.8 Å². The lowest BCUT2D eigenvalue weighted by molar-refractivity contribution is 0.0776. The lowest BCUT2D eigenvalue weighted by atomic mass is 10.1. The molecule has 2 fully saturated rings. The maximum Gasteiger partial charge on any atom is 0.261 e. The topological polar surface area (TPSA) is 127 Å². The average Bonchev–Trinajstić information content (AvgIpc) is 4.04. The lowest BCUT2D eigenvalue weighted by Gasteiger charge is -2.20. The van der Waals surface area contributed by atoms with Crippen LogP contribution in [0.5, 0.6) is 23.0 Å². The van der Waals surface area contributed by atoms with Gasteiger partial charge in [-0.15, -0.1) is 0 Å². The number of amides is 2. The summed E-state index contributed by atoms with van der Waals surface area (Å²) < 4.78 is 23.6. The number of rotatable bonds is 10. The summed E-state index contributed by atoms with van der Waals surface area (Å²) in [6.45, 7) is 2.51. The van der Waals surface area contributed by atoms with Gasteiger partial charge in [0.1, 0.15) is 34.1 Å². The van der Waals surface area contributed by atoms with E-state index in [1.165, 1.54) is 0 Å². The van der Waals surface area contributed by atoms with Crippen LogP contribution in [0.3, 0.4) is 0 Å². The molecule has 56 heavy (non-hydrogen) atoms. The minimum atomic E-state index is -0.0883. The highest BCUT2D eigenvalue weighted by Gasteiger charge is 2.32. The zero-order valence-corrected chi connectivity index (χ0v) is 34.3. The fourth-order valence-corrected chi connectivity index (χ4v) is 9.27. The molecule has 2 atom stereocenters. The summed E-state index contributed by atoms with van der Waals surface area (Å²) in [5.41, 5.74) is 2.76. The number of aromatic nitrogens is 2. The van der Waals surface area contributed by atoms with Crippen LogP contribution >= 0.6 is 45.9 Å². The van der Waals surface area contributed by atoms with Crippen molar-refractivity contribution in [2.75, 3.05) is 65.3 Å². The summed E-state index contributed by atoms with van der Waals surface area (Å²) >= 11 is 15.2. The first kappa shape index (κ1) is 39.2. The zero-order valence-electron chi connectivity index (χ0n) is 31.1. The van der Waals surface area contributed by atoms with Crippen LogP contribution in [0.1, 0.15) is 33.6 Å². The first-order valence-corrected chi connectivity index (χ1v) is 20.2. The third-order valence-electron chi connectivity index (χ3n) is 9.59. The number of halogens is 2. The number of carbonyl (C=O) groups is 2. The molecule has 12 nitrogen and oxygen atoms in total. The predicted molar refractivity (Wildman–Crippen MR) is 224 cm³/mol. The first-order valence-electron chi connectivity index (χ1n) is 17.8. The summed E-state index contributed by atoms with van der Waals surface area (Å²) in [7, 11) is 6.22. The Morgan fingerprint density at radius 3 is 1.36 bits per heavy atom. The normalized spacial score (nSPS) is 16.4. The molecule has 292 valence electrons. The molecule has 1 unspecified atom stereocenters. The van der Waals surface area contributed by atoms with E-state index in [1.54, 1.807) is 75.4 Å². The van der Waals surface area contributed by atoms with Gasteiger partial charge in [-0.1, -0.05) is 58.0 Å². The van der Waals surface area contributed by atoms with E-state index in [0.29, 0.717) is 70.3 Å². The Bertz CT molecular complexity index is 2170. The molecule has 2 N–H and O–H groups in total. The Morgan fingerprint density at radius 1 is 0.625 bits per heavy atom. The van der Waals surface area contributed by atoms with Crippen LogP contribution in [0.4, 0.5) is 10.3 Å². The highest BCUT2D eigenvalue weighted by molar-refractivity contribution is 7.22. The van der Waals surface area contributed by atoms with Gasteiger partial charge in [0.15, 0.2) is 10.3 Å². The van der Waals surface area contributed by atoms with Crippen molar-refractivity contribution >= 4 is 88.4 Å². The summed E-state index contributed by atoms with van der Waals surface area (Å²) in [6, 6.07) is 22.3. The molecule has 2 aliphatic heterocycles. The number of thiazole rings is 2. The van der Waals surface area contributed by atoms with Crippen molar-refractivity contribution in [1.82, 2.24) is 19.8 Å². The quantitative estimate of drug-likeness (QED) is 0.139. The van der Waals surface area contributed by atoms with E-state index in [1.807, 2.05) is 58.3 Å². The molecule has 0 aliphatic carbocycles. The molecule has 2 amide bonds. The van der Waals surface area contributed by atoms with E-state index in [0.717, 1.165) is 43.5 Å². The molecule has 4 aromatic carbocycles. The Balaban J connectivity index is 0.000000172. The minimum Gasteiger partial charge on any atom is -0.496 e. The third kappa shape index (κ3) is 8.53. The number of hydrogen-bond acceptors (Lipinski definition) is 12. The van der Waals surface area contributed by atoms with Crippen molar-refractivity contribution in [2.24, 2.45) is 0 Å². The second kappa shape index (κ2) is 17.4. The molecular formula is C40H40Cl2N6O6S2. The first-order chi connectivity index (χ1) is 27.2. The number of fused-ring (bicyclic) bond motifs is 2. The Labute approximate surface area is 342 Å². The van der Waals surface area contributed by atoms with E-state index >= 15 is 0 Å². The van der Waals surface area contributed by atoms with Gasteiger partial charge >= 0.3 is 0 Å². The summed E-state index contributed by atoms with van der Waals surface area (Å²) in [5.74, 6) is 1.89.